The van der Waals surface area contributed by atoms with Gasteiger partial charge in [0, 0.05) is 29.3 Å². The second-order valence-electron chi connectivity index (χ2n) is 7.84. The van der Waals surface area contributed by atoms with E-state index in [4.69, 9.17) is 0 Å². The summed E-state index contributed by atoms with van der Waals surface area (Å²) in [6.45, 7) is 0.170. The molecule has 1 spiro atoms. The van der Waals surface area contributed by atoms with Crippen molar-refractivity contribution in [3.63, 3.8) is 0 Å². The van der Waals surface area contributed by atoms with Crippen LogP contribution in [0.15, 0.2) is 36.8 Å². The van der Waals surface area contributed by atoms with Crippen LogP contribution in [-0.2, 0) is 13.0 Å². The number of pyridine rings is 2. The molecule has 0 bridgehead atoms. The standard InChI is InChI=1S/C20H15F3N6/c21-11-1-2-14(25-7-11)17-16(12-4-6-24-18-13(12)8-26-27-18)15-3-5-19(9-20(19,22)23)10-29(15)28-17/h1-2,4,6-8H,3,5,9-10H2,(H,24,26,27)/t19-/m0/s1. The Morgan fingerprint density at radius 1 is 1.10 bits per heavy atom. The minimum Gasteiger partial charge on any atom is -0.267 e. The number of nitrogens with one attached hydrogen (secondary N) is 1. The molecule has 4 aromatic heterocycles. The number of alkyl halides is 2. The van der Waals surface area contributed by atoms with Gasteiger partial charge in [0.05, 0.1) is 30.0 Å². The van der Waals surface area contributed by atoms with Gasteiger partial charge >= 0.3 is 0 Å². The number of halogens is 3. The predicted octanol–water partition coefficient (Wildman–Crippen LogP) is 3.99. The topological polar surface area (TPSA) is 72.3 Å². The second kappa shape index (κ2) is 5.43. The van der Waals surface area contributed by atoms with E-state index in [1.807, 2.05) is 6.07 Å². The largest absolute Gasteiger partial charge is 0.267 e. The highest BCUT2D eigenvalue weighted by Gasteiger charge is 2.71. The first-order valence-corrected chi connectivity index (χ1v) is 9.35. The van der Waals surface area contributed by atoms with Crippen LogP contribution < -0.4 is 0 Å². The smallest absolute Gasteiger partial charge is 0.256 e. The van der Waals surface area contributed by atoms with Gasteiger partial charge in [0.15, 0.2) is 5.65 Å². The highest BCUT2D eigenvalue weighted by molar-refractivity contribution is 5.97. The summed E-state index contributed by atoms with van der Waals surface area (Å²) in [6.07, 6.45) is 5.29. The van der Waals surface area contributed by atoms with Gasteiger partial charge in [-0.1, -0.05) is 0 Å². The average molecular weight is 396 g/mol. The van der Waals surface area contributed by atoms with Crippen molar-refractivity contribution in [1.82, 2.24) is 29.9 Å². The van der Waals surface area contributed by atoms with Crippen molar-refractivity contribution in [2.24, 2.45) is 5.41 Å². The Balaban J connectivity index is 1.59. The number of H-pyrrole nitrogens is 1. The maximum absolute atomic E-state index is 14.0. The number of hydrogen-bond acceptors (Lipinski definition) is 4. The molecular weight excluding hydrogens is 381 g/mol. The summed E-state index contributed by atoms with van der Waals surface area (Å²) in [5.74, 6) is -3.09. The quantitative estimate of drug-likeness (QED) is 0.556. The van der Waals surface area contributed by atoms with Crippen molar-refractivity contribution in [3.05, 3.63) is 48.3 Å². The molecule has 1 fully saturated rings. The van der Waals surface area contributed by atoms with Crippen molar-refractivity contribution in [3.8, 4) is 22.5 Å². The molecule has 1 atom stereocenters. The molecule has 0 amide bonds. The molecule has 0 unspecified atom stereocenters. The van der Waals surface area contributed by atoms with Crippen LogP contribution in [0.4, 0.5) is 13.2 Å². The lowest BCUT2D eigenvalue weighted by molar-refractivity contribution is 0.0462. The molecule has 6 rings (SSSR count). The van der Waals surface area contributed by atoms with Crippen LogP contribution in [0.5, 0.6) is 0 Å². The van der Waals surface area contributed by atoms with E-state index in [0.29, 0.717) is 29.9 Å². The fourth-order valence-electron chi connectivity index (χ4n) is 4.48. The normalized spacial score (nSPS) is 22.2. The summed E-state index contributed by atoms with van der Waals surface area (Å²) in [7, 11) is 0. The Morgan fingerprint density at radius 2 is 1.97 bits per heavy atom. The number of nitrogens with zero attached hydrogens (tertiary/aromatic N) is 5. The number of aromatic amines is 1. The molecule has 1 N–H and O–H groups in total. The fraction of sp³-hybridized carbons (Fsp3) is 0.300. The Hall–Kier alpha value is -3.23. The molecule has 1 aliphatic heterocycles. The highest BCUT2D eigenvalue weighted by Crippen LogP contribution is 2.65. The Labute approximate surface area is 162 Å². The fourth-order valence-corrected chi connectivity index (χ4v) is 4.48. The summed E-state index contributed by atoms with van der Waals surface area (Å²) in [5.41, 5.74) is 3.22. The van der Waals surface area contributed by atoms with Gasteiger partial charge < -0.3 is 0 Å². The van der Waals surface area contributed by atoms with Crippen LogP contribution in [0.1, 0.15) is 18.5 Å². The van der Waals surface area contributed by atoms with Crippen molar-refractivity contribution >= 4 is 11.0 Å². The molecule has 4 aromatic rings. The lowest BCUT2D eigenvalue weighted by atomic mass is 9.90. The van der Waals surface area contributed by atoms with Crippen molar-refractivity contribution in [2.45, 2.75) is 31.7 Å². The van der Waals surface area contributed by atoms with Gasteiger partial charge in [-0.2, -0.15) is 10.2 Å². The molecule has 0 radical (unpaired) electrons. The molecule has 5 heterocycles. The van der Waals surface area contributed by atoms with Crippen LogP contribution >= 0.6 is 0 Å². The minimum absolute atomic E-state index is 0.0972. The molecule has 1 saturated carbocycles. The molecule has 2 aliphatic rings. The third-order valence-corrected chi connectivity index (χ3v) is 6.16. The molecule has 0 aromatic carbocycles. The van der Waals surface area contributed by atoms with E-state index in [9.17, 15) is 13.2 Å². The van der Waals surface area contributed by atoms with Gasteiger partial charge in [-0.05, 0) is 36.6 Å². The zero-order valence-corrected chi connectivity index (χ0v) is 15.2. The molecule has 6 nitrogen and oxygen atoms in total. The maximum atomic E-state index is 14.0. The Kier molecular flexibility index (Phi) is 3.13. The SMILES string of the molecule is Fc1ccc(-c2nn3c(c2-c2ccnc4[nH]ncc24)CC[C@@]2(C3)CC2(F)F)nc1. The third-order valence-electron chi connectivity index (χ3n) is 6.16. The van der Waals surface area contributed by atoms with Gasteiger partial charge in [0.25, 0.3) is 5.92 Å². The van der Waals surface area contributed by atoms with E-state index in [2.05, 4.69) is 25.3 Å². The van der Waals surface area contributed by atoms with Crippen LogP contribution in [0.3, 0.4) is 0 Å². The number of hydrogen-bond donors (Lipinski definition) is 1. The Bertz CT molecular complexity index is 1260. The second-order valence-corrected chi connectivity index (χ2v) is 7.84. The first kappa shape index (κ1) is 16.7. The molecular formula is C20H15F3N6. The van der Waals surface area contributed by atoms with E-state index < -0.39 is 17.2 Å². The predicted molar refractivity (Wildman–Crippen MR) is 98.6 cm³/mol. The third kappa shape index (κ3) is 2.30. The van der Waals surface area contributed by atoms with E-state index >= 15 is 0 Å². The monoisotopic (exact) mass is 396 g/mol. The lowest BCUT2D eigenvalue weighted by Crippen LogP contribution is -2.27. The summed E-state index contributed by atoms with van der Waals surface area (Å²) in [5, 5.41) is 12.4. The van der Waals surface area contributed by atoms with E-state index in [1.54, 1.807) is 23.1 Å². The van der Waals surface area contributed by atoms with Crippen molar-refractivity contribution in [1.29, 1.82) is 0 Å². The summed E-state index contributed by atoms with van der Waals surface area (Å²) in [6, 6.07) is 4.74. The number of aromatic nitrogens is 6. The summed E-state index contributed by atoms with van der Waals surface area (Å²) in [4.78, 5) is 8.47. The summed E-state index contributed by atoms with van der Waals surface area (Å²) >= 11 is 0. The summed E-state index contributed by atoms with van der Waals surface area (Å²) < 4.78 is 43.1. The van der Waals surface area contributed by atoms with Gasteiger partial charge in [-0.3, -0.25) is 14.8 Å². The zero-order chi connectivity index (χ0) is 19.8. The molecule has 146 valence electrons. The minimum atomic E-state index is -2.64. The van der Waals surface area contributed by atoms with Gasteiger partial charge in [0.1, 0.15) is 11.5 Å². The zero-order valence-electron chi connectivity index (χ0n) is 15.2. The van der Waals surface area contributed by atoms with E-state index in [0.717, 1.165) is 28.4 Å². The molecule has 9 heteroatoms. The number of rotatable bonds is 2. The average Bonchev–Trinajstić information content (AvgIpc) is 3.09. The highest BCUT2D eigenvalue weighted by atomic mass is 19.3. The van der Waals surface area contributed by atoms with Crippen LogP contribution in [-0.4, -0.2) is 35.9 Å². The number of fused-ring (bicyclic) bond motifs is 2. The van der Waals surface area contributed by atoms with Gasteiger partial charge in [-0.15, -0.1) is 0 Å². The van der Waals surface area contributed by atoms with E-state index in [1.165, 1.54) is 6.07 Å². The first-order valence-electron chi connectivity index (χ1n) is 9.35. The van der Waals surface area contributed by atoms with E-state index in [-0.39, 0.29) is 13.0 Å². The molecule has 0 saturated heterocycles. The molecule has 1 aliphatic carbocycles. The van der Waals surface area contributed by atoms with Gasteiger partial charge in [0.2, 0.25) is 0 Å². The van der Waals surface area contributed by atoms with Crippen LogP contribution in [0.2, 0.25) is 0 Å². The Morgan fingerprint density at radius 3 is 2.72 bits per heavy atom. The van der Waals surface area contributed by atoms with Crippen molar-refractivity contribution in [2.75, 3.05) is 0 Å². The molecule has 29 heavy (non-hydrogen) atoms. The maximum Gasteiger partial charge on any atom is 0.256 e. The lowest BCUT2D eigenvalue weighted by Gasteiger charge is -2.24. The van der Waals surface area contributed by atoms with Crippen molar-refractivity contribution < 1.29 is 13.2 Å². The van der Waals surface area contributed by atoms with Gasteiger partial charge in [-0.25, -0.2) is 18.2 Å². The van der Waals surface area contributed by atoms with Crippen LogP contribution in [0.25, 0.3) is 33.5 Å². The van der Waals surface area contributed by atoms with Crippen LogP contribution in [0, 0.1) is 11.2 Å². The first-order chi connectivity index (χ1) is 14.0.